The molecule has 0 aromatic carbocycles. The maximum Gasteiger partial charge on any atom is 0.246 e. The number of carbonyl (C=O) groups is 1. The topological polar surface area (TPSA) is 89.2 Å². The average Bonchev–Trinajstić information content (AvgIpc) is 2.55. The Morgan fingerprint density at radius 3 is 2.22 bits per heavy atom. The zero-order valence-corrected chi connectivity index (χ0v) is 15.3. The van der Waals surface area contributed by atoms with Gasteiger partial charge in [0.1, 0.15) is 6.04 Å². The summed E-state index contributed by atoms with van der Waals surface area (Å²) < 4.78 is 0. The third kappa shape index (κ3) is 4.45. The number of likely N-dealkylation sites (N-methyl/N-ethyl adjacent to an activating group) is 1. The van der Waals surface area contributed by atoms with Gasteiger partial charge in [-0.15, -0.1) is 0 Å². The first-order valence-electron chi connectivity index (χ1n) is 7.34. The summed E-state index contributed by atoms with van der Waals surface area (Å²) in [4.78, 5) is 30.0. The Bertz CT molecular complexity index is 583. The van der Waals surface area contributed by atoms with E-state index in [9.17, 15) is 10.1 Å². The van der Waals surface area contributed by atoms with Crippen LogP contribution in [0.5, 0.6) is 0 Å². The predicted molar refractivity (Wildman–Crippen MR) is 91.4 cm³/mol. The van der Waals surface area contributed by atoms with Crippen molar-refractivity contribution in [2.75, 3.05) is 43.2 Å². The number of nitriles is 1. The van der Waals surface area contributed by atoms with Crippen LogP contribution in [0.4, 0.5) is 11.9 Å². The molecule has 1 atom stereocenters. The van der Waals surface area contributed by atoms with Gasteiger partial charge in [-0.2, -0.15) is 20.2 Å². The van der Waals surface area contributed by atoms with Gasteiger partial charge in [0.15, 0.2) is 11.3 Å². The van der Waals surface area contributed by atoms with E-state index < -0.39 is 6.04 Å². The summed E-state index contributed by atoms with van der Waals surface area (Å²) in [6.07, 6.45) is 3.87. The van der Waals surface area contributed by atoms with Gasteiger partial charge in [0.2, 0.25) is 17.8 Å². The quantitative estimate of drug-likeness (QED) is 0.416. The van der Waals surface area contributed by atoms with Gasteiger partial charge in [0, 0.05) is 27.2 Å². The molecule has 0 N–H and O–H groups in total. The van der Waals surface area contributed by atoms with E-state index in [0.717, 1.165) is 0 Å². The summed E-state index contributed by atoms with van der Waals surface area (Å²) >= 11 is 1.36. The Morgan fingerprint density at radius 1 is 1.22 bits per heavy atom. The molecule has 8 nitrogen and oxygen atoms in total. The van der Waals surface area contributed by atoms with E-state index in [2.05, 4.69) is 15.0 Å². The Kier molecular flexibility index (Phi) is 7.03. The second-order valence-corrected chi connectivity index (χ2v) is 5.75. The number of amides is 1. The molecule has 1 amide bonds. The molecule has 0 aliphatic carbocycles. The molecule has 0 unspecified atom stereocenters. The lowest BCUT2D eigenvalue weighted by molar-refractivity contribution is -0.131. The normalized spacial score (nSPS) is 11.5. The molecule has 1 aromatic heterocycles. The lowest BCUT2D eigenvalue weighted by Crippen LogP contribution is -2.46. The van der Waals surface area contributed by atoms with Crippen molar-refractivity contribution >= 4 is 29.6 Å². The van der Waals surface area contributed by atoms with Crippen LogP contribution < -0.4 is 9.80 Å². The van der Waals surface area contributed by atoms with Gasteiger partial charge < -0.3 is 9.80 Å². The number of aromatic nitrogens is 3. The summed E-state index contributed by atoms with van der Waals surface area (Å²) in [6.45, 7) is 6.68. The summed E-state index contributed by atoms with van der Waals surface area (Å²) in [5.74, 6) is 0.500. The second kappa shape index (κ2) is 8.53. The average molecular weight is 337 g/mol. The van der Waals surface area contributed by atoms with E-state index in [1.165, 1.54) is 16.7 Å². The number of rotatable bonds is 7. The van der Waals surface area contributed by atoms with Crippen LogP contribution in [-0.4, -0.2) is 65.2 Å². The molecule has 0 saturated heterocycles. The molecule has 0 saturated carbocycles. The van der Waals surface area contributed by atoms with E-state index in [1.54, 1.807) is 16.7 Å². The van der Waals surface area contributed by atoms with Gasteiger partial charge in [0.05, 0.1) is 0 Å². The van der Waals surface area contributed by atoms with Crippen molar-refractivity contribution in [1.29, 1.82) is 5.26 Å². The molecule has 9 heteroatoms. The third-order valence-corrected chi connectivity index (χ3v) is 3.86. The molecular weight excluding hydrogens is 314 g/mol. The van der Waals surface area contributed by atoms with Gasteiger partial charge >= 0.3 is 0 Å². The van der Waals surface area contributed by atoms with Crippen LogP contribution >= 0.6 is 11.8 Å². The Balaban J connectivity index is 3.22. The Hall–Kier alpha value is -2.08. The molecule has 1 aromatic rings. The smallest absolute Gasteiger partial charge is 0.246 e. The molecule has 1 heterocycles. The first-order valence-corrected chi connectivity index (χ1v) is 8.57. The summed E-state index contributed by atoms with van der Waals surface area (Å²) in [6, 6.07) is -0.674. The number of hydrogen-bond donors (Lipinski definition) is 0. The van der Waals surface area contributed by atoms with E-state index in [-0.39, 0.29) is 11.9 Å². The lowest BCUT2D eigenvalue weighted by Gasteiger charge is -2.27. The minimum atomic E-state index is -0.674. The first kappa shape index (κ1) is 19.0. The van der Waals surface area contributed by atoms with Crippen molar-refractivity contribution in [2.45, 2.75) is 32.0 Å². The fourth-order valence-electron chi connectivity index (χ4n) is 1.95. The highest BCUT2D eigenvalue weighted by Crippen LogP contribution is 2.19. The second-order valence-electron chi connectivity index (χ2n) is 4.97. The lowest BCUT2D eigenvalue weighted by atomic mass is 10.2. The van der Waals surface area contributed by atoms with Crippen molar-refractivity contribution in [3.8, 4) is 6.19 Å². The van der Waals surface area contributed by atoms with Crippen LogP contribution in [0.25, 0.3) is 0 Å². The van der Waals surface area contributed by atoms with Crippen molar-refractivity contribution in [2.24, 2.45) is 0 Å². The largest absolute Gasteiger partial charge is 0.347 e. The zero-order valence-electron chi connectivity index (χ0n) is 14.4. The summed E-state index contributed by atoms with van der Waals surface area (Å²) in [7, 11) is 3.62. The highest BCUT2D eigenvalue weighted by atomic mass is 32.2. The fraction of sp³-hybridized carbons (Fsp3) is 0.643. The van der Waals surface area contributed by atoms with E-state index >= 15 is 0 Å². The summed E-state index contributed by atoms with van der Waals surface area (Å²) in [5.41, 5.74) is 0. The number of thioether (sulfide) groups is 1. The van der Waals surface area contributed by atoms with Crippen LogP contribution in [-0.2, 0) is 4.79 Å². The third-order valence-electron chi connectivity index (χ3n) is 3.32. The molecule has 1 rings (SSSR count). The molecule has 126 valence electrons. The van der Waals surface area contributed by atoms with Crippen molar-refractivity contribution in [3.63, 3.8) is 0 Å². The standard InChI is InChI=1S/C14H23N7OS/c1-7-20(8-2)11(22)10(3)21(9-15)13-16-12(19(4)5)17-14(18-13)23-6/h10H,7-8H2,1-6H3/t10-/m1/s1. The first-order chi connectivity index (χ1) is 10.9. The van der Waals surface area contributed by atoms with Crippen LogP contribution in [0.3, 0.4) is 0 Å². The molecule has 0 aliphatic heterocycles. The molecule has 0 aliphatic rings. The van der Waals surface area contributed by atoms with E-state index in [1.807, 2.05) is 40.4 Å². The molecule has 0 bridgehead atoms. The van der Waals surface area contributed by atoms with Gasteiger partial charge in [-0.1, -0.05) is 11.8 Å². The van der Waals surface area contributed by atoms with Crippen LogP contribution in [0, 0.1) is 11.5 Å². The molecule has 23 heavy (non-hydrogen) atoms. The van der Waals surface area contributed by atoms with Crippen LogP contribution in [0.2, 0.25) is 0 Å². The van der Waals surface area contributed by atoms with Gasteiger partial charge in [0.25, 0.3) is 0 Å². The van der Waals surface area contributed by atoms with E-state index in [4.69, 9.17) is 0 Å². The number of anilines is 2. The highest BCUT2D eigenvalue weighted by Gasteiger charge is 2.28. The van der Waals surface area contributed by atoms with Crippen molar-refractivity contribution < 1.29 is 4.79 Å². The van der Waals surface area contributed by atoms with Crippen molar-refractivity contribution in [3.05, 3.63) is 0 Å². The summed E-state index contributed by atoms with van der Waals surface area (Å²) in [5, 5.41) is 10.0. The molecule has 0 radical (unpaired) electrons. The zero-order chi connectivity index (χ0) is 17.6. The van der Waals surface area contributed by atoms with Gasteiger partial charge in [-0.25, -0.2) is 4.90 Å². The Labute approximate surface area is 141 Å². The van der Waals surface area contributed by atoms with Crippen LogP contribution in [0.1, 0.15) is 20.8 Å². The maximum absolute atomic E-state index is 12.5. The van der Waals surface area contributed by atoms with Crippen molar-refractivity contribution in [1.82, 2.24) is 19.9 Å². The molecule has 0 spiro atoms. The van der Waals surface area contributed by atoms with Gasteiger partial charge in [-0.05, 0) is 27.0 Å². The minimum absolute atomic E-state index is 0.130. The number of hydrogen-bond acceptors (Lipinski definition) is 8. The highest BCUT2D eigenvalue weighted by molar-refractivity contribution is 7.98. The monoisotopic (exact) mass is 337 g/mol. The Morgan fingerprint density at radius 2 is 1.78 bits per heavy atom. The van der Waals surface area contributed by atoms with Gasteiger partial charge in [-0.3, -0.25) is 4.79 Å². The number of carbonyl (C=O) groups excluding carboxylic acids is 1. The van der Waals surface area contributed by atoms with E-state index in [0.29, 0.717) is 24.2 Å². The number of nitrogens with zero attached hydrogens (tertiary/aromatic N) is 7. The fourth-order valence-corrected chi connectivity index (χ4v) is 2.29. The SMILES string of the molecule is CCN(CC)C(=O)[C@@H](C)N(C#N)c1nc(SC)nc(N(C)C)n1. The maximum atomic E-state index is 12.5. The van der Waals surface area contributed by atoms with Crippen LogP contribution in [0.15, 0.2) is 5.16 Å². The molecular formula is C14H23N7OS. The minimum Gasteiger partial charge on any atom is -0.347 e. The predicted octanol–water partition coefficient (Wildman–Crippen LogP) is 1.20. The molecule has 0 fully saturated rings.